The highest BCUT2D eigenvalue weighted by Crippen LogP contribution is 2.12. The zero-order chi connectivity index (χ0) is 17.6. The summed E-state index contributed by atoms with van der Waals surface area (Å²) in [7, 11) is 0. The molecule has 2 aromatic heterocycles. The molecule has 0 aliphatic rings. The zero-order valence-electron chi connectivity index (χ0n) is 13.8. The third-order valence-electron chi connectivity index (χ3n) is 3.75. The highest BCUT2D eigenvalue weighted by Gasteiger charge is 2.08. The predicted molar refractivity (Wildman–Crippen MR) is 94.8 cm³/mol. The van der Waals surface area contributed by atoms with E-state index < -0.39 is 0 Å². The van der Waals surface area contributed by atoms with Crippen LogP contribution in [0, 0.1) is 6.92 Å². The Labute approximate surface area is 145 Å². The lowest BCUT2D eigenvalue weighted by Gasteiger charge is -2.08. The van der Waals surface area contributed by atoms with Crippen LogP contribution in [-0.4, -0.2) is 20.7 Å². The van der Waals surface area contributed by atoms with Crippen LogP contribution in [0.25, 0.3) is 11.3 Å². The first-order chi connectivity index (χ1) is 12.1. The van der Waals surface area contributed by atoms with Gasteiger partial charge in [-0.15, -0.1) is 0 Å². The Bertz CT molecular complexity index is 918. The van der Waals surface area contributed by atoms with Gasteiger partial charge in [-0.05, 0) is 30.7 Å². The van der Waals surface area contributed by atoms with E-state index in [1.807, 2.05) is 31.2 Å². The van der Waals surface area contributed by atoms with Gasteiger partial charge in [0.05, 0.1) is 5.69 Å². The van der Waals surface area contributed by atoms with Crippen molar-refractivity contribution in [3.63, 3.8) is 0 Å². The maximum absolute atomic E-state index is 12.1. The summed E-state index contributed by atoms with van der Waals surface area (Å²) in [5, 5.41) is 7.07. The molecular formula is C19H18N4O2. The van der Waals surface area contributed by atoms with Crippen molar-refractivity contribution in [2.75, 3.05) is 0 Å². The number of carbonyl (C=O) groups excluding carboxylic acids is 1. The summed E-state index contributed by atoms with van der Waals surface area (Å²) in [6.07, 6.45) is 3.31. The van der Waals surface area contributed by atoms with Crippen LogP contribution >= 0.6 is 0 Å². The van der Waals surface area contributed by atoms with Crippen LogP contribution in [0.5, 0.6) is 0 Å². The molecule has 0 aliphatic heterocycles. The van der Waals surface area contributed by atoms with E-state index in [0.29, 0.717) is 12.2 Å². The van der Waals surface area contributed by atoms with E-state index in [0.717, 1.165) is 11.1 Å². The second kappa shape index (κ2) is 7.53. The van der Waals surface area contributed by atoms with Gasteiger partial charge in [-0.1, -0.05) is 29.8 Å². The largest absolute Gasteiger partial charge is 0.350 e. The van der Waals surface area contributed by atoms with Crippen molar-refractivity contribution >= 4 is 5.91 Å². The molecule has 0 aliphatic carbocycles. The Kier molecular flexibility index (Phi) is 4.99. The number of nitrogens with zero attached hydrogens (tertiary/aromatic N) is 3. The van der Waals surface area contributed by atoms with E-state index >= 15 is 0 Å². The third-order valence-corrected chi connectivity index (χ3v) is 3.75. The van der Waals surface area contributed by atoms with Crippen LogP contribution < -0.4 is 10.9 Å². The molecule has 25 heavy (non-hydrogen) atoms. The maximum Gasteiger partial charge on any atom is 0.267 e. The van der Waals surface area contributed by atoms with Gasteiger partial charge >= 0.3 is 0 Å². The van der Waals surface area contributed by atoms with Crippen molar-refractivity contribution in [3.05, 3.63) is 82.4 Å². The summed E-state index contributed by atoms with van der Waals surface area (Å²) in [4.78, 5) is 28.0. The number of carbonyl (C=O) groups is 1. The number of nitrogens with one attached hydrogen (secondary N) is 1. The molecule has 0 fully saturated rings. The fraction of sp³-hybridized carbons (Fsp3) is 0.158. The Morgan fingerprint density at radius 1 is 1.04 bits per heavy atom. The van der Waals surface area contributed by atoms with Gasteiger partial charge in [0.25, 0.3) is 5.56 Å². The summed E-state index contributed by atoms with van der Waals surface area (Å²) in [6, 6.07) is 14.6. The molecule has 6 heteroatoms. The molecule has 0 spiro atoms. The molecule has 3 rings (SSSR count). The number of hydrogen-bond donors (Lipinski definition) is 1. The summed E-state index contributed by atoms with van der Waals surface area (Å²) >= 11 is 0. The van der Waals surface area contributed by atoms with Gasteiger partial charge in [-0.25, -0.2) is 4.68 Å². The molecule has 0 saturated heterocycles. The minimum absolute atomic E-state index is 0.121. The quantitative estimate of drug-likeness (QED) is 0.773. The lowest BCUT2D eigenvalue weighted by Crippen LogP contribution is -2.33. The lowest BCUT2D eigenvalue weighted by atomic mass is 10.1. The third kappa shape index (κ3) is 4.38. The topological polar surface area (TPSA) is 76.9 Å². The molecule has 1 amide bonds. The van der Waals surface area contributed by atoms with E-state index in [1.54, 1.807) is 30.6 Å². The fourth-order valence-electron chi connectivity index (χ4n) is 2.34. The Hall–Kier alpha value is -3.28. The second-order valence-electron chi connectivity index (χ2n) is 5.71. The van der Waals surface area contributed by atoms with Gasteiger partial charge < -0.3 is 5.32 Å². The molecule has 0 atom stereocenters. The number of amides is 1. The van der Waals surface area contributed by atoms with Gasteiger partial charge in [-0.3, -0.25) is 14.6 Å². The summed E-state index contributed by atoms with van der Waals surface area (Å²) in [6.45, 7) is 2.30. The minimum atomic E-state index is -0.316. The number of aromatic nitrogens is 3. The Morgan fingerprint density at radius 3 is 2.48 bits per heavy atom. The normalized spacial score (nSPS) is 10.4. The van der Waals surface area contributed by atoms with E-state index in [9.17, 15) is 9.59 Å². The van der Waals surface area contributed by atoms with Crippen LogP contribution in [0.4, 0.5) is 0 Å². The molecule has 0 saturated carbocycles. The Balaban J connectivity index is 1.68. The van der Waals surface area contributed by atoms with E-state index in [4.69, 9.17) is 0 Å². The van der Waals surface area contributed by atoms with Crippen molar-refractivity contribution in [2.45, 2.75) is 20.0 Å². The van der Waals surface area contributed by atoms with Crippen LogP contribution in [-0.2, 0) is 17.9 Å². The monoisotopic (exact) mass is 334 g/mol. The van der Waals surface area contributed by atoms with Gasteiger partial charge in [0.1, 0.15) is 6.54 Å². The molecule has 0 bridgehead atoms. The van der Waals surface area contributed by atoms with Crippen LogP contribution in [0.15, 0.2) is 65.7 Å². The SMILES string of the molecule is Cc1ccc(CNC(=O)Cn2nc(-c3ccncc3)ccc2=O)cc1. The average Bonchev–Trinajstić information content (AvgIpc) is 2.64. The van der Waals surface area contributed by atoms with Gasteiger partial charge in [0.2, 0.25) is 5.91 Å². The lowest BCUT2D eigenvalue weighted by molar-refractivity contribution is -0.122. The summed E-state index contributed by atoms with van der Waals surface area (Å²) in [5.74, 6) is -0.262. The first-order valence-corrected chi connectivity index (χ1v) is 7.92. The van der Waals surface area contributed by atoms with Crippen LogP contribution in [0.2, 0.25) is 0 Å². The van der Waals surface area contributed by atoms with Crippen molar-refractivity contribution in [1.29, 1.82) is 0 Å². The Morgan fingerprint density at radius 2 is 1.76 bits per heavy atom. The standard InChI is InChI=1S/C19H18N4O2/c1-14-2-4-15(5-3-14)12-21-18(24)13-23-19(25)7-6-17(22-23)16-8-10-20-11-9-16/h2-11H,12-13H2,1H3,(H,21,24). The van der Waals surface area contributed by atoms with Crippen LogP contribution in [0.3, 0.4) is 0 Å². The van der Waals surface area contributed by atoms with Crippen molar-refractivity contribution < 1.29 is 4.79 Å². The first kappa shape index (κ1) is 16.6. The maximum atomic E-state index is 12.1. The number of aryl methyl sites for hydroxylation is 1. The molecule has 1 aromatic carbocycles. The molecule has 1 N–H and O–H groups in total. The molecule has 2 heterocycles. The molecular weight excluding hydrogens is 316 g/mol. The van der Waals surface area contributed by atoms with Gasteiger partial charge in [0, 0.05) is 30.6 Å². The molecule has 3 aromatic rings. The van der Waals surface area contributed by atoms with E-state index in [2.05, 4.69) is 15.4 Å². The average molecular weight is 334 g/mol. The minimum Gasteiger partial charge on any atom is -0.350 e. The summed E-state index contributed by atoms with van der Waals surface area (Å²) < 4.78 is 1.17. The second-order valence-corrected chi connectivity index (χ2v) is 5.71. The highest BCUT2D eigenvalue weighted by atomic mass is 16.2. The number of rotatable bonds is 5. The molecule has 6 nitrogen and oxygen atoms in total. The van der Waals surface area contributed by atoms with Gasteiger partial charge in [-0.2, -0.15) is 5.10 Å². The van der Waals surface area contributed by atoms with Crippen molar-refractivity contribution in [3.8, 4) is 11.3 Å². The fourth-order valence-corrected chi connectivity index (χ4v) is 2.34. The first-order valence-electron chi connectivity index (χ1n) is 7.92. The predicted octanol–water partition coefficient (Wildman–Crippen LogP) is 1.93. The molecule has 0 radical (unpaired) electrons. The smallest absolute Gasteiger partial charge is 0.267 e. The van der Waals surface area contributed by atoms with E-state index in [-0.39, 0.29) is 18.0 Å². The number of hydrogen-bond acceptors (Lipinski definition) is 4. The van der Waals surface area contributed by atoms with Crippen molar-refractivity contribution in [1.82, 2.24) is 20.1 Å². The van der Waals surface area contributed by atoms with Gasteiger partial charge in [0.15, 0.2) is 0 Å². The molecule has 0 unspecified atom stereocenters. The van der Waals surface area contributed by atoms with Crippen molar-refractivity contribution in [2.24, 2.45) is 0 Å². The molecule has 126 valence electrons. The number of pyridine rings is 1. The zero-order valence-corrected chi connectivity index (χ0v) is 13.8. The van der Waals surface area contributed by atoms with E-state index in [1.165, 1.54) is 16.3 Å². The number of benzene rings is 1. The van der Waals surface area contributed by atoms with Crippen LogP contribution in [0.1, 0.15) is 11.1 Å². The summed E-state index contributed by atoms with van der Waals surface area (Å²) in [5.41, 5.74) is 3.31. The highest BCUT2D eigenvalue weighted by molar-refractivity contribution is 5.75.